The standard InChI is InChI=1S/C25H22N4O2S2/c1-16-14-19(11-12-20(16)26-4)28-23(31)25(2,3)29(24(28)32)18-9-7-17(8-10-18)15-27-22(30)21-6-5-13-33-21/h5-14H,15H2,1-3H3,(H,27,30). The fourth-order valence-corrected chi connectivity index (χ4v) is 4.96. The summed E-state index contributed by atoms with van der Waals surface area (Å²) in [6.07, 6.45) is 0. The Morgan fingerprint density at radius 3 is 2.45 bits per heavy atom. The Morgan fingerprint density at radius 1 is 1.15 bits per heavy atom. The van der Waals surface area contributed by atoms with Gasteiger partial charge < -0.3 is 10.2 Å². The predicted octanol–water partition coefficient (Wildman–Crippen LogP) is 5.45. The summed E-state index contributed by atoms with van der Waals surface area (Å²) in [7, 11) is 0. The molecule has 1 N–H and O–H groups in total. The van der Waals surface area contributed by atoms with Crippen molar-refractivity contribution in [1.29, 1.82) is 0 Å². The molecule has 0 atom stereocenters. The first-order chi connectivity index (χ1) is 15.7. The lowest BCUT2D eigenvalue weighted by Gasteiger charge is -2.29. The van der Waals surface area contributed by atoms with E-state index in [1.165, 1.54) is 16.2 Å². The van der Waals surface area contributed by atoms with Crippen LogP contribution in [0.2, 0.25) is 0 Å². The molecule has 166 valence electrons. The van der Waals surface area contributed by atoms with Gasteiger partial charge in [-0.3, -0.25) is 14.5 Å². The molecule has 3 aromatic rings. The van der Waals surface area contributed by atoms with E-state index in [0.29, 0.717) is 27.9 Å². The zero-order valence-electron chi connectivity index (χ0n) is 18.5. The van der Waals surface area contributed by atoms with E-state index in [-0.39, 0.29) is 11.8 Å². The number of amides is 2. The molecule has 33 heavy (non-hydrogen) atoms. The van der Waals surface area contributed by atoms with Crippen molar-refractivity contribution >= 4 is 57.5 Å². The van der Waals surface area contributed by atoms with Crippen molar-refractivity contribution in [3.63, 3.8) is 0 Å². The van der Waals surface area contributed by atoms with Gasteiger partial charge >= 0.3 is 0 Å². The second kappa shape index (κ2) is 8.77. The van der Waals surface area contributed by atoms with Crippen molar-refractivity contribution in [3.8, 4) is 0 Å². The summed E-state index contributed by atoms with van der Waals surface area (Å²) in [5.41, 5.74) is 2.86. The number of anilines is 2. The highest BCUT2D eigenvalue weighted by Gasteiger charge is 2.50. The maximum atomic E-state index is 13.3. The largest absolute Gasteiger partial charge is 0.347 e. The first-order valence-electron chi connectivity index (χ1n) is 10.3. The molecule has 0 spiro atoms. The van der Waals surface area contributed by atoms with E-state index in [1.54, 1.807) is 18.2 Å². The molecule has 4 rings (SSSR count). The summed E-state index contributed by atoms with van der Waals surface area (Å²) in [5.74, 6) is -0.230. The third-order valence-electron chi connectivity index (χ3n) is 5.62. The quantitative estimate of drug-likeness (QED) is 0.394. The van der Waals surface area contributed by atoms with Crippen LogP contribution in [0.5, 0.6) is 0 Å². The van der Waals surface area contributed by atoms with Crippen LogP contribution in [0.3, 0.4) is 0 Å². The topological polar surface area (TPSA) is 57.0 Å². The van der Waals surface area contributed by atoms with Crippen molar-refractivity contribution in [3.05, 3.63) is 87.4 Å². The Labute approximate surface area is 202 Å². The van der Waals surface area contributed by atoms with E-state index in [9.17, 15) is 9.59 Å². The van der Waals surface area contributed by atoms with Crippen LogP contribution in [-0.2, 0) is 11.3 Å². The summed E-state index contributed by atoms with van der Waals surface area (Å²) in [6, 6.07) is 16.6. The normalized spacial score (nSPS) is 15.0. The van der Waals surface area contributed by atoms with Crippen LogP contribution in [-0.4, -0.2) is 22.5 Å². The van der Waals surface area contributed by atoms with Crippen LogP contribution in [0.25, 0.3) is 4.85 Å². The summed E-state index contributed by atoms with van der Waals surface area (Å²) in [6.45, 7) is 13.2. The van der Waals surface area contributed by atoms with Gasteiger partial charge in [-0.2, -0.15) is 0 Å². The SMILES string of the molecule is [C-]#[N+]c1ccc(N2C(=O)C(C)(C)N(c3ccc(CNC(=O)c4cccs4)cc3)C2=S)cc1C. The van der Waals surface area contributed by atoms with Crippen molar-refractivity contribution < 1.29 is 9.59 Å². The highest BCUT2D eigenvalue weighted by atomic mass is 32.1. The number of nitrogens with zero attached hydrogens (tertiary/aromatic N) is 3. The number of carbonyl (C=O) groups excluding carboxylic acids is 2. The number of carbonyl (C=O) groups is 2. The summed E-state index contributed by atoms with van der Waals surface area (Å²) >= 11 is 7.14. The van der Waals surface area contributed by atoms with Gasteiger partial charge in [-0.05, 0) is 79.8 Å². The Bertz CT molecular complexity index is 1270. The minimum atomic E-state index is -0.877. The van der Waals surface area contributed by atoms with E-state index < -0.39 is 5.54 Å². The zero-order valence-corrected chi connectivity index (χ0v) is 20.1. The van der Waals surface area contributed by atoms with Crippen molar-refractivity contribution in [2.24, 2.45) is 0 Å². The average Bonchev–Trinajstić information content (AvgIpc) is 3.39. The van der Waals surface area contributed by atoms with Crippen LogP contribution >= 0.6 is 23.6 Å². The molecule has 2 amide bonds. The first-order valence-corrected chi connectivity index (χ1v) is 11.6. The second-order valence-corrected chi connectivity index (χ2v) is 9.54. The lowest BCUT2D eigenvalue weighted by molar-refractivity contribution is -0.120. The number of hydrogen-bond acceptors (Lipinski definition) is 4. The first kappa shape index (κ1) is 22.6. The molecule has 8 heteroatoms. The minimum Gasteiger partial charge on any atom is -0.347 e. The van der Waals surface area contributed by atoms with Crippen LogP contribution in [0, 0.1) is 13.5 Å². The van der Waals surface area contributed by atoms with E-state index in [0.717, 1.165) is 16.8 Å². The van der Waals surface area contributed by atoms with E-state index >= 15 is 0 Å². The number of rotatable bonds is 5. The van der Waals surface area contributed by atoms with Gasteiger partial charge in [0, 0.05) is 17.9 Å². The van der Waals surface area contributed by atoms with Gasteiger partial charge in [-0.15, -0.1) is 11.3 Å². The van der Waals surface area contributed by atoms with Crippen LogP contribution < -0.4 is 15.1 Å². The van der Waals surface area contributed by atoms with Crippen LogP contribution in [0.15, 0.2) is 60.0 Å². The smallest absolute Gasteiger partial charge is 0.261 e. The Morgan fingerprint density at radius 2 is 1.85 bits per heavy atom. The van der Waals surface area contributed by atoms with Gasteiger partial charge in [0.2, 0.25) is 0 Å². The van der Waals surface area contributed by atoms with Gasteiger partial charge in [0.1, 0.15) is 5.54 Å². The Kier molecular flexibility index (Phi) is 6.02. The van der Waals surface area contributed by atoms with Crippen molar-refractivity contribution in [2.45, 2.75) is 32.9 Å². The molecular weight excluding hydrogens is 452 g/mol. The number of nitrogens with one attached hydrogen (secondary N) is 1. The number of thiocarbonyl (C=S) groups is 1. The van der Waals surface area contributed by atoms with Crippen molar-refractivity contribution in [2.75, 3.05) is 9.80 Å². The third-order valence-corrected chi connectivity index (χ3v) is 6.85. The fraction of sp³-hybridized carbons (Fsp3) is 0.200. The number of benzene rings is 2. The monoisotopic (exact) mass is 474 g/mol. The molecule has 1 aliphatic rings. The molecule has 0 radical (unpaired) electrons. The maximum absolute atomic E-state index is 13.3. The molecule has 6 nitrogen and oxygen atoms in total. The highest BCUT2D eigenvalue weighted by Crippen LogP contribution is 2.37. The summed E-state index contributed by atoms with van der Waals surface area (Å²) in [4.78, 5) is 33.0. The van der Waals surface area contributed by atoms with Gasteiger partial charge in [-0.25, -0.2) is 4.85 Å². The van der Waals surface area contributed by atoms with Gasteiger partial charge in [0.05, 0.1) is 11.4 Å². The molecular formula is C25H22N4O2S2. The molecule has 0 bridgehead atoms. The predicted molar refractivity (Wildman–Crippen MR) is 136 cm³/mol. The summed E-state index contributed by atoms with van der Waals surface area (Å²) in [5, 5.41) is 5.17. The lowest BCUT2D eigenvalue weighted by atomic mass is 10.0. The lowest BCUT2D eigenvalue weighted by Crippen LogP contribution is -2.44. The van der Waals surface area contributed by atoms with Crippen LogP contribution in [0.1, 0.15) is 34.6 Å². The minimum absolute atomic E-state index is 0.100. The van der Waals surface area contributed by atoms with E-state index in [2.05, 4.69) is 10.2 Å². The molecule has 0 aliphatic carbocycles. The van der Waals surface area contributed by atoms with E-state index in [1.807, 2.05) is 67.4 Å². The number of aryl methyl sites for hydroxylation is 1. The Balaban J connectivity index is 1.55. The van der Waals surface area contributed by atoms with Crippen LogP contribution in [0.4, 0.5) is 17.1 Å². The number of thiophene rings is 1. The molecule has 1 saturated heterocycles. The molecule has 0 unspecified atom stereocenters. The van der Waals surface area contributed by atoms with Gasteiger partial charge in [-0.1, -0.05) is 24.3 Å². The molecule has 0 saturated carbocycles. The zero-order chi connectivity index (χ0) is 23.8. The van der Waals surface area contributed by atoms with Gasteiger partial charge in [0.15, 0.2) is 10.8 Å². The third kappa shape index (κ3) is 4.13. The average molecular weight is 475 g/mol. The van der Waals surface area contributed by atoms with E-state index in [4.69, 9.17) is 18.8 Å². The molecule has 1 aromatic heterocycles. The molecule has 1 aliphatic heterocycles. The summed E-state index contributed by atoms with van der Waals surface area (Å²) < 4.78 is 0. The molecule has 2 heterocycles. The second-order valence-electron chi connectivity index (χ2n) is 8.23. The number of hydrogen-bond donors (Lipinski definition) is 1. The Hall–Kier alpha value is -3.54. The highest BCUT2D eigenvalue weighted by molar-refractivity contribution is 7.81. The van der Waals surface area contributed by atoms with Gasteiger partial charge in [0.25, 0.3) is 11.8 Å². The fourth-order valence-electron chi connectivity index (χ4n) is 3.80. The van der Waals surface area contributed by atoms with Crippen molar-refractivity contribution in [1.82, 2.24) is 5.32 Å². The maximum Gasteiger partial charge on any atom is 0.261 e. The molecule has 2 aromatic carbocycles. The molecule has 1 fully saturated rings.